The van der Waals surface area contributed by atoms with Gasteiger partial charge in [-0.2, -0.15) is 0 Å². The van der Waals surface area contributed by atoms with Gasteiger partial charge in [0.1, 0.15) is 15.0 Å². The minimum atomic E-state index is 0.0676. The van der Waals surface area contributed by atoms with Gasteiger partial charge in [0.2, 0.25) is 0 Å². The number of aryl methyl sites for hydroxylation is 5. The van der Waals surface area contributed by atoms with Crippen LogP contribution >= 0.6 is 0 Å². The lowest BCUT2D eigenvalue weighted by Crippen LogP contribution is -2.80. The van der Waals surface area contributed by atoms with Crippen molar-refractivity contribution in [3.8, 4) is 261 Å². The third-order valence-electron chi connectivity index (χ3n) is 26.2. The van der Waals surface area contributed by atoms with Crippen LogP contribution in [-0.4, -0.2) is 239 Å². The molecule has 0 aliphatic rings. The van der Waals surface area contributed by atoms with Crippen molar-refractivity contribution in [2.45, 2.75) is 90.0 Å². The Labute approximate surface area is 770 Å². The Morgan fingerprint density at radius 2 is 0.661 bits per heavy atom. The summed E-state index contributed by atoms with van der Waals surface area (Å²) in [5.41, 5.74) is 28.9. The molecule has 33 heteroatoms. The molecular formula is C91H83B33. The summed E-state index contributed by atoms with van der Waals surface area (Å²) in [6.07, 6.45) is 25.6. The number of fused-ring (bicyclic) bond motifs is 6. The van der Waals surface area contributed by atoms with Crippen molar-refractivity contribution >= 4 is 331 Å². The molecular weight excluding hydrogens is 1450 g/mol. The molecule has 0 heterocycles. The predicted octanol–water partition coefficient (Wildman–Crippen LogP) is -14.1. The number of hydrogen-bond acceptors (Lipinski definition) is 0. The van der Waals surface area contributed by atoms with E-state index >= 15 is 0 Å². The molecule has 0 saturated heterocycles. The van der Waals surface area contributed by atoms with Crippen molar-refractivity contribution in [2.24, 2.45) is 0 Å². The Bertz CT molecular complexity index is 7280. The van der Waals surface area contributed by atoms with Gasteiger partial charge < -0.3 is 0 Å². The van der Waals surface area contributed by atoms with E-state index in [1.54, 1.807) is 35.7 Å². The van der Waals surface area contributed by atoms with E-state index in [0.717, 1.165) is 105 Å². The normalized spacial score (nSPS) is 9.17. The van der Waals surface area contributed by atoms with E-state index in [2.05, 4.69) is 422 Å². The molecule has 0 fully saturated rings. The van der Waals surface area contributed by atoms with Crippen LogP contribution in [0.4, 0.5) is 0 Å². The van der Waals surface area contributed by atoms with Crippen molar-refractivity contribution in [2.75, 3.05) is 0 Å². The lowest BCUT2D eigenvalue weighted by molar-refractivity contribution is 1.24. The predicted molar refractivity (Wildman–Crippen MR) is 626 cm³/mol. The average Bonchev–Trinajstić information content (AvgIpc) is 0.677. The molecule has 124 heavy (non-hydrogen) atoms. The van der Waals surface area contributed by atoms with Gasteiger partial charge in [-0.1, -0.05) is 80.6 Å². The summed E-state index contributed by atoms with van der Waals surface area (Å²) in [5.74, 6) is 110. The van der Waals surface area contributed by atoms with Gasteiger partial charge in [-0.3, -0.25) is 0 Å². The lowest BCUT2D eigenvalue weighted by atomic mass is 8.66. The molecule has 0 spiro atoms. The zero-order chi connectivity index (χ0) is 91.6. The van der Waals surface area contributed by atoms with Crippen LogP contribution in [0.1, 0.15) is 115 Å². The first kappa shape index (κ1) is 97.8. The van der Waals surface area contributed by atoms with Crippen LogP contribution in [0.25, 0.3) is 76.1 Å². The molecule has 0 saturated carbocycles. The first-order valence-electron chi connectivity index (χ1n) is 43.8. The van der Waals surface area contributed by atoms with Crippen LogP contribution in [0, 0.1) is 308 Å². The molecule has 0 aliphatic heterocycles. The van der Waals surface area contributed by atoms with Gasteiger partial charge in [0, 0.05) is 83.6 Å². The second-order valence-corrected chi connectivity index (χ2v) is 34.4. The number of rotatable bonds is 17. The molecule has 0 atom stereocenters. The van der Waals surface area contributed by atoms with Crippen LogP contribution in [0.3, 0.4) is 0 Å². The van der Waals surface area contributed by atoms with Gasteiger partial charge in [0.25, 0.3) is 0 Å². The van der Waals surface area contributed by atoms with Crippen molar-refractivity contribution in [1.29, 1.82) is 0 Å². The maximum Gasteiger partial charge on any atom is 0.139 e. The fourth-order valence-corrected chi connectivity index (χ4v) is 19.7. The van der Waals surface area contributed by atoms with Gasteiger partial charge in [-0.15, -0.1) is 42.5 Å². The van der Waals surface area contributed by atoms with Crippen LogP contribution < -0.4 is 38.2 Å². The summed E-state index contributed by atoms with van der Waals surface area (Å²) in [5, 5.41) is 9.77. The second kappa shape index (κ2) is 44.1. The summed E-state index contributed by atoms with van der Waals surface area (Å²) in [6.45, 7) is 29.1. The maximum atomic E-state index is 6.32. The van der Waals surface area contributed by atoms with E-state index in [1.807, 2.05) is 6.92 Å². The molecule has 8 rings (SSSR count). The number of terminal acetylenes is 4. The minimum Gasteiger partial charge on any atom is -0.113 e. The third-order valence-corrected chi connectivity index (χ3v) is 26.2. The molecule has 0 aliphatic carbocycles. The smallest absolute Gasteiger partial charge is 0.113 e. The van der Waals surface area contributed by atoms with Crippen molar-refractivity contribution < 1.29 is 0 Å². The highest BCUT2D eigenvalue weighted by Crippen LogP contribution is 2.55. The maximum absolute atomic E-state index is 6.32. The van der Waals surface area contributed by atoms with E-state index in [9.17, 15) is 0 Å². The second-order valence-electron chi connectivity index (χ2n) is 34.4. The van der Waals surface area contributed by atoms with Gasteiger partial charge in [0.05, 0.1) is 206 Å². The quantitative estimate of drug-likeness (QED) is 0.0369. The topological polar surface area (TPSA) is 0 Å². The number of hydrogen-bond donors (Lipinski definition) is 0. The van der Waals surface area contributed by atoms with Crippen LogP contribution in [0.2, 0.25) is 0 Å². The molecule has 0 nitrogen and oxygen atoms in total. The highest BCUT2D eigenvalue weighted by atomic mass is 14.3. The Morgan fingerprint density at radius 1 is 0.258 bits per heavy atom. The van der Waals surface area contributed by atoms with E-state index < -0.39 is 0 Å². The van der Waals surface area contributed by atoms with Gasteiger partial charge >= 0.3 is 0 Å². The highest BCUT2D eigenvalue weighted by Gasteiger charge is 2.44. The SMILES string of the molecule is BBB(B)B(B(B)B)c1c(B(B(B)B)B(B)B)c(B(BB)B(B)B)c(B(B)B(B)B)c2c(B(B)BB)c(-c3c(C)c(C)c(C)c4c(-c5c(C#CC#CC#CC#CC#C)c6c(C)c(C)c(C#CC)c(C#CC#C)c6c6c(C#CC#CC)c(C#CC#CC#C)c(C#CC#CC#CC)c(C#CC#CC#CC#C)c56)c5c(C)c(C)c(C)c(C)c5c(C)c34)c(BB)c(B)c12. The summed E-state index contributed by atoms with van der Waals surface area (Å²) < 4.78 is 0. The average molecular weight is 1530 g/mol. The summed E-state index contributed by atoms with van der Waals surface area (Å²) in [6, 6.07) is 0. The summed E-state index contributed by atoms with van der Waals surface area (Å²) >= 11 is 0. The van der Waals surface area contributed by atoms with E-state index in [-0.39, 0.29) is 32.5 Å². The first-order valence-corrected chi connectivity index (χ1v) is 43.8. The molecule has 0 aromatic heterocycles. The molecule has 0 radical (unpaired) electrons. The third kappa shape index (κ3) is 19.0. The first-order chi connectivity index (χ1) is 59.3. The summed E-state index contributed by atoms with van der Waals surface area (Å²) in [4.78, 5) is 0. The van der Waals surface area contributed by atoms with Crippen molar-refractivity contribution in [3.63, 3.8) is 0 Å². The molecule has 0 unspecified atom stereocenters. The Hall–Kier alpha value is -11.6. The summed E-state index contributed by atoms with van der Waals surface area (Å²) in [7, 11) is 48.6. The van der Waals surface area contributed by atoms with E-state index in [1.165, 1.54) is 49.4 Å². The van der Waals surface area contributed by atoms with E-state index in [0.29, 0.717) is 99.0 Å². The fraction of sp³-hybridized carbons (Fsp3) is 0.143. The molecule has 0 N–H and O–H groups in total. The van der Waals surface area contributed by atoms with Crippen LogP contribution in [-0.2, 0) is 0 Å². The molecule has 8 aromatic rings. The molecule has 8 aromatic carbocycles. The van der Waals surface area contributed by atoms with Crippen LogP contribution in [0.15, 0.2) is 0 Å². The van der Waals surface area contributed by atoms with E-state index in [4.69, 9.17) is 25.7 Å². The number of benzene rings is 8. The largest absolute Gasteiger partial charge is 0.139 e. The monoisotopic (exact) mass is 1540 g/mol. The Balaban J connectivity index is 2.13. The highest BCUT2D eigenvalue weighted by molar-refractivity contribution is 7.89. The Morgan fingerprint density at radius 3 is 1.12 bits per heavy atom. The minimum absolute atomic E-state index is 0.0676. The fourth-order valence-electron chi connectivity index (χ4n) is 19.7. The molecule has 0 amide bonds. The van der Waals surface area contributed by atoms with Gasteiger partial charge in [-0.25, -0.2) is 0 Å². The molecule has 546 valence electrons. The van der Waals surface area contributed by atoms with Gasteiger partial charge in [-0.05, 0) is 349 Å². The van der Waals surface area contributed by atoms with Crippen molar-refractivity contribution in [3.05, 3.63) is 94.6 Å². The standard InChI is InChI=1S/C91H83B33/c1-18-25-31-35-37-38-41-46-53-70-72-62(16)57(11)64(47-24-7)67(48-30-23-6)77(72)78-68(51-42-29-22-5)65(49-43-34-28-21-4)66(50-44-39-33-27-20-3)69(52-45-40-36-32-26-19-2)79(78)80(70)81-73-59(13)55(9)54(8)58(12)71(73)63(17)76-74(81)60(14)56(10)61(15)75(76)83-86(110-93)85(92)82-84(87(83)114(97)111-94)88(115(98)119(99)100)90(116(112-95)120(101)102)91(117(121(103)104)122(105)106)89(82)118(123(107)108)124(109)113-96/h1-2,4,6,110-113H,92-109H2,3,5,7-17H3. The molecule has 0 bridgehead atoms. The zero-order valence-electron chi connectivity index (χ0n) is 79.5. The van der Waals surface area contributed by atoms with Crippen LogP contribution in [0.5, 0.6) is 0 Å². The van der Waals surface area contributed by atoms with Crippen molar-refractivity contribution in [1.82, 2.24) is 0 Å². The zero-order valence-corrected chi connectivity index (χ0v) is 79.5. The Kier molecular flexibility index (Phi) is 34.8. The van der Waals surface area contributed by atoms with Gasteiger partial charge in [0.15, 0.2) is 0 Å². The lowest BCUT2D eigenvalue weighted by Gasteiger charge is -2.42.